The fraction of sp³-hybridized carbons (Fsp3) is 0.0588. The molecule has 0 unspecified atom stereocenters. The lowest BCUT2D eigenvalue weighted by atomic mass is 9.94. The van der Waals surface area contributed by atoms with Crippen molar-refractivity contribution in [1.82, 2.24) is 0 Å². The Morgan fingerprint density at radius 2 is 1.83 bits per heavy atom. The van der Waals surface area contributed by atoms with Gasteiger partial charge in [0.2, 0.25) is 0 Å². The lowest BCUT2D eigenvalue weighted by Gasteiger charge is -2.10. The van der Waals surface area contributed by atoms with Gasteiger partial charge in [0.1, 0.15) is 5.75 Å². The summed E-state index contributed by atoms with van der Waals surface area (Å²) in [5.74, 6) is 0.330. The number of rotatable bonds is 1. The van der Waals surface area contributed by atoms with Gasteiger partial charge < -0.3 is 5.11 Å². The van der Waals surface area contributed by atoms with E-state index < -0.39 is 0 Å². The molecule has 0 aliphatic heterocycles. The molecule has 1 heteroatoms. The van der Waals surface area contributed by atoms with Crippen LogP contribution in [0.5, 0.6) is 5.75 Å². The molecule has 0 spiro atoms. The molecule has 3 aromatic carbocycles. The second-order valence-corrected chi connectivity index (χ2v) is 4.54. The number of benzene rings is 3. The number of aromatic hydroxyl groups is 1. The summed E-state index contributed by atoms with van der Waals surface area (Å²) < 4.78 is 0. The summed E-state index contributed by atoms with van der Waals surface area (Å²) in [5.41, 5.74) is 2.27. The fourth-order valence-electron chi connectivity index (χ4n) is 2.58. The summed E-state index contributed by atoms with van der Waals surface area (Å²) in [5, 5.41) is 14.3. The largest absolute Gasteiger partial charge is 0.507 e. The number of phenolic OH excluding ortho intramolecular Hbond substituents is 1. The van der Waals surface area contributed by atoms with E-state index in [1.165, 1.54) is 16.3 Å². The van der Waals surface area contributed by atoms with E-state index in [0.29, 0.717) is 5.75 Å². The van der Waals surface area contributed by atoms with Crippen molar-refractivity contribution in [2.24, 2.45) is 0 Å². The van der Waals surface area contributed by atoms with Crippen LogP contribution in [0.3, 0.4) is 0 Å². The maximum absolute atomic E-state index is 9.99. The third-order valence-electron chi connectivity index (χ3n) is 3.46. The standard InChI is InChI=1S/C17H14O/c1-3-12-5-4-6-13-8-9-14-15(18)10-7-11(2)16(14)17(12)13/h3-10,18H,1H2,2H3. The molecular weight excluding hydrogens is 220 g/mol. The third-order valence-corrected chi connectivity index (χ3v) is 3.46. The average Bonchev–Trinajstić information content (AvgIpc) is 2.41. The summed E-state index contributed by atoms with van der Waals surface area (Å²) in [6, 6.07) is 13.9. The summed E-state index contributed by atoms with van der Waals surface area (Å²) in [6.07, 6.45) is 1.87. The van der Waals surface area contributed by atoms with Gasteiger partial charge in [0.15, 0.2) is 0 Å². The second kappa shape index (κ2) is 3.88. The van der Waals surface area contributed by atoms with Gasteiger partial charge >= 0.3 is 0 Å². The van der Waals surface area contributed by atoms with Gasteiger partial charge in [-0.25, -0.2) is 0 Å². The van der Waals surface area contributed by atoms with E-state index in [2.05, 4.69) is 25.6 Å². The van der Waals surface area contributed by atoms with Crippen LogP contribution in [0.15, 0.2) is 49.0 Å². The Kier molecular flexibility index (Phi) is 2.34. The van der Waals surface area contributed by atoms with Crippen molar-refractivity contribution < 1.29 is 5.11 Å². The number of aryl methyl sites for hydroxylation is 1. The van der Waals surface area contributed by atoms with Crippen molar-refractivity contribution in [1.29, 1.82) is 0 Å². The highest BCUT2D eigenvalue weighted by molar-refractivity contribution is 6.13. The molecule has 0 aliphatic carbocycles. The number of hydrogen-bond acceptors (Lipinski definition) is 1. The Balaban J connectivity index is 2.67. The minimum atomic E-state index is 0.330. The Morgan fingerprint density at radius 1 is 1.00 bits per heavy atom. The highest BCUT2D eigenvalue weighted by Gasteiger charge is 2.08. The maximum Gasteiger partial charge on any atom is 0.123 e. The topological polar surface area (TPSA) is 20.2 Å². The van der Waals surface area contributed by atoms with E-state index in [9.17, 15) is 5.11 Å². The van der Waals surface area contributed by atoms with Gasteiger partial charge in [-0.15, -0.1) is 0 Å². The van der Waals surface area contributed by atoms with Gasteiger partial charge in [-0.05, 0) is 40.3 Å². The van der Waals surface area contributed by atoms with Crippen LogP contribution in [0.1, 0.15) is 11.1 Å². The zero-order chi connectivity index (χ0) is 12.7. The van der Waals surface area contributed by atoms with Crippen molar-refractivity contribution in [3.8, 4) is 5.75 Å². The van der Waals surface area contributed by atoms with Crippen LogP contribution in [0.4, 0.5) is 0 Å². The van der Waals surface area contributed by atoms with Crippen LogP contribution in [-0.2, 0) is 0 Å². The van der Waals surface area contributed by atoms with Crippen LogP contribution < -0.4 is 0 Å². The molecule has 18 heavy (non-hydrogen) atoms. The lowest BCUT2D eigenvalue weighted by Crippen LogP contribution is -1.85. The maximum atomic E-state index is 9.99. The number of phenols is 1. The second-order valence-electron chi connectivity index (χ2n) is 4.54. The first-order valence-corrected chi connectivity index (χ1v) is 5.99. The van der Waals surface area contributed by atoms with Gasteiger partial charge in [0, 0.05) is 5.39 Å². The molecule has 0 bridgehead atoms. The Morgan fingerprint density at radius 3 is 2.61 bits per heavy atom. The first-order valence-electron chi connectivity index (χ1n) is 5.99. The summed E-state index contributed by atoms with van der Waals surface area (Å²) in [6.45, 7) is 5.95. The normalized spacial score (nSPS) is 10.9. The molecule has 0 aromatic heterocycles. The van der Waals surface area contributed by atoms with E-state index >= 15 is 0 Å². The van der Waals surface area contributed by atoms with Gasteiger partial charge in [0.25, 0.3) is 0 Å². The lowest BCUT2D eigenvalue weighted by molar-refractivity contribution is 0.481. The minimum Gasteiger partial charge on any atom is -0.507 e. The molecule has 0 saturated heterocycles. The zero-order valence-electron chi connectivity index (χ0n) is 10.3. The molecule has 88 valence electrons. The molecule has 0 aliphatic rings. The van der Waals surface area contributed by atoms with Crippen molar-refractivity contribution in [3.63, 3.8) is 0 Å². The molecule has 0 heterocycles. The summed E-state index contributed by atoms with van der Waals surface area (Å²) in [7, 11) is 0. The van der Waals surface area contributed by atoms with Crippen LogP contribution in [0.25, 0.3) is 27.6 Å². The molecule has 0 fully saturated rings. The number of hydrogen-bond donors (Lipinski definition) is 1. The van der Waals surface area contributed by atoms with Crippen molar-refractivity contribution in [2.45, 2.75) is 6.92 Å². The Hall–Kier alpha value is -2.28. The Bertz CT molecular complexity index is 769. The SMILES string of the molecule is C=Cc1cccc2ccc3c(O)ccc(C)c3c12. The minimum absolute atomic E-state index is 0.330. The summed E-state index contributed by atoms with van der Waals surface area (Å²) >= 11 is 0. The molecule has 3 aromatic rings. The quantitative estimate of drug-likeness (QED) is 0.608. The Labute approximate surface area is 106 Å². The average molecular weight is 234 g/mol. The highest BCUT2D eigenvalue weighted by atomic mass is 16.3. The van der Waals surface area contributed by atoms with Crippen molar-refractivity contribution in [3.05, 3.63) is 60.2 Å². The predicted octanol–water partition coefficient (Wildman–Crippen LogP) is 4.65. The van der Waals surface area contributed by atoms with Crippen LogP contribution in [-0.4, -0.2) is 5.11 Å². The highest BCUT2D eigenvalue weighted by Crippen LogP contribution is 2.35. The van der Waals surface area contributed by atoms with Crippen LogP contribution in [0, 0.1) is 6.92 Å². The van der Waals surface area contributed by atoms with Gasteiger partial charge in [0.05, 0.1) is 0 Å². The smallest absolute Gasteiger partial charge is 0.123 e. The van der Waals surface area contributed by atoms with Crippen LogP contribution in [0.2, 0.25) is 0 Å². The van der Waals surface area contributed by atoms with E-state index in [1.807, 2.05) is 30.3 Å². The molecular formula is C17H14O. The molecule has 0 amide bonds. The van der Waals surface area contributed by atoms with Gasteiger partial charge in [-0.2, -0.15) is 0 Å². The molecule has 0 radical (unpaired) electrons. The fourth-order valence-corrected chi connectivity index (χ4v) is 2.58. The van der Waals surface area contributed by atoms with E-state index in [0.717, 1.165) is 16.3 Å². The monoisotopic (exact) mass is 234 g/mol. The zero-order valence-corrected chi connectivity index (χ0v) is 10.3. The predicted molar refractivity (Wildman–Crippen MR) is 77.9 cm³/mol. The molecule has 0 atom stereocenters. The first-order chi connectivity index (χ1) is 8.72. The molecule has 0 saturated carbocycles. The first kappa shape index (κ1) is 10.8. The molecule has 3 rings (SSSR count). The van der Waals surface area contributed by atoms with E-state index in [4.69, 9.17) is 0 Å². The summed E-state index contributed by atoms with van der Waals surface area (Å²) in [4.78, 5) is 0. The van der Waals surface area contributed by atoms with E-state index in [1.54, 1.807) is 6.07 Å². The van der Waals surface area contributed by atoms with Crippen LogP contribution >= 0.6 is 0 Å². The number of fused-ring (bicyclic) bond motifs is 3. The van der Waals surface area contributed by atoms with Gasteiger partial charge in [-0.1, -0.05) is 49.1 Å². The molecule has 1 N–H and O–H groups in total. The molecule has 1 nitrogen and oxygen atoms in total. The third kappa shape index (κ3) is 1.41. The van der Waals surface area contributed by atoms with E-state index in [-0.39, 0.29) is 0 Å². The van der Waals surface area contributed by atoms with Crippen molar-refractivity contribution in [2.75, 3.05) is 0 Å². The van der Waals surface area contributed by atoms with Crippen molar-refractivity contribution >= 4 is 27.6 Å². The van der Waals surface area contributed by atoms with Gasteiger partial charge in [-0.3, -0.25) is 0 Å².